The monoisotopic (exact) mass is 248 g/mol. The number of piperidine rings is 1. The van der Waals surface area contributed by atoms with E-state index >= 15 is 0 Å². The smallest absolute Gasteiger partial charge is 0.314 e. The van der Waals surface area contributed by atoms with Crippen LogP contribution < -0.4 is 11.1 Å². The molecular weight excluding hydrogens is 228 g/mol. The Kier molecular flexibility index (Phi) is 4.20. The summed E-state index contributed by atoms with van der Waals surface area (Å²) in [7, 11) is 1.43. The summed E-state index contributed by atoms with van der Waals surface area (Å²) < 4.78 is 4.94. The molecule has 1 saturated heterocycles. The van der Waals surface area contributed by atoms with Crippen LogP contribution in [0.3, 0.4) is 0 Å². The number of nitrogens with two attached hydrogens (primary N) is 1. The van der Waals surface area contributed by atoms with Crippen molar-refractivity contribution < 1.29 is 9.53 Å². The number of carbonyl (C=O) groups is 1. The average Bonchev–Trinajstić information content (AvgIpc) is 2.40. The lowest BCUT2D eigenvalue weighted by Crippen LogP contribution is -2.42. The molecule has 1 aromatic rings. The van der Waals surface area contributed by atoms with Gasteiger partial charge in [0.2, 0.25) is 0 Å². The first-order valence-electron chi connectivity index (χ1n) is 6.39. The highest BCUT2D eigenvalue weighted by Gasteiger charge is 2.31. The summed E-state index contributed by atoms with van der Waals surface area (Å²) in [5, 5.41) is 3.41. The van der Waals surface area contributed by atoms with Gasteiger partial charge in [0, 0.05) is 11.7 Å². The Morgan fingerprint density at radius 3 is 2.94 bits per heavy atom. The largest absolute Gasteiger partial charge is 0.469 e. The van der Waals surface area contributed by atoms with Gasteiger partial charge in [-0.15, -0.1) is 0 Å². The molecule has 0 radical (unpaired) electrons. The highest BCUT2D eigenvalue weighted by Crippen LogP contribution is 2.27. The van der Waals surface area contributed by atoms with Crippen molar-refractivity contribution in [1.29, 1.82) is 0 Å². The van der Waals surface area contributed by atoms with Gasteiger partial charge < -0.3 is 15.8 Å². The lowest BCUT2D eigenvalue weighted by Gasteiger charge is -2.30. The van der Waals surface area contributed by atoms with E-state index in [1.807, 2.05) is 24.3 Å². The summed E-state index contributed by atoms with van der Waals surface area (Å²) >= 11 is 0. The molecule has 4 nitrogen and oxygen atoms in total. The first kappa shape index (κ1) is 12.9. The number of methoxy groups -OCH3 is 1. The maximum absolute atomic E-state index is 12.0. The van der Waals surface area contributed by atoms with E-state index in [0.29, 0.717) is 5.69 Å². The number of esters is 1. The van der Waals surface area contributed by atoms with Crippen LogP contribution in [0.4, 0.5) is 5.69 Å². The normalized spacial score (nSPS) is 21.3. The maximum atomic E-state index is 12.0. The Labute approximate surface area is 108 Å². The molecule has 0 saturated carbocycles. The zero-order chi connectivity index (χ0) is 13.0. The fourth-order valence-electron chi connectivity index (χ4n) is 2.58. The molecule has 0 amide bonds. The van der Waals surface area contributed by atoms with Gasteiger partial charge in [-0.25, -0.2) is 0 Å². The van der Waals surface area contributed by atoms with Crippen LogP contribution in [-0.2, 0) is 9.53 Å². The molecule has 0 bridgehead atoms. The third-order valence-electron chi connectivity index (χ3n) is 3.48. The second kappa shape index (κ2) is 5.87. The quantitative estimate of drug-likeness (QED) is 0.631. The number of hydrogen-bond acceptors (Lipinski definition) is 4. The van der Waals surface area contributed by atoms with Crippen LogP contribution in [0.15, 0.2) is 24.3 Å². The number of hydrogen-bond donors (Lipinski definition) is 2. The molecule has 0 spiro atoms. The molecule has 1 fully saturated rings. The minimum atomic E-state index is -0.265. The van der Waals surface area contributed by atoms with Gasteiger partial charge in [-0.1, -0.05) is 18.6 Å². The molecule has 1 aliphatic heterocycles. The minimum absolute atomic E-state index is 0.146. The maximum Gasteiger partial charge on any atom is 0.314 e. The number of rotatable bonds is 3. The number of anilines is 1. The Bertz CT molecular complexity index is 414. The van der Waals surface area contributed by atoms with Crippen molar-refractivity contribution in [3.05, 3.63) is 29.8 Å². The summed E-state index contributed by atoms with van der Waals surface area (Å²) in [4.78, 5) is 12.0. The Morgan fingerprint density at radius 2 is 2.33 bits per heavy atom. The van der Waals surface area contributed by atoms with Gasteiger partial charge in [0.05, 0.1) is 13.0 Å². The zero-order valence-corrected chi connectivity index (χ0v) is 10.7. The van der Waals surface area contributed by atoms with Crippen molar-refractivity contribution in [2.45, 2.75) is 31.2 Å². The number of nitrogens with one attached hydrogen (secondary N) is 1. The number of ether oxygens (including phenoxy) is 1. The van der Waals surface area contributed by atoms with Gasteiger partial charge >= 0.3 is 5.97 Å². The van der Waals surface area contributed by atoms with Crippen molar-refractivity contribution in [1.82, 2.24) is 5.32 Å². The topological polar surface area (TPSA) is 64.3 Å². The fourth-order valence-corrected chi connectivity index (χ4v) is 2.58. The van der Waals surface area contributed by atoms with Crippen molar-refractivity contribution in [3.63, 3.8) is 0 Å². The molecule has 3 N–H and O–H groups in total. The standard InChI is InChI=1S/C14H20N2O2/c1-18-14(17)13(12-7-2-3-8-16-12)10-5-4-6-11(15)9-10/h4-6,9,12-13,16H,2-3,7-8,15H2,1H3/t12-,13-/m1/s1. The third kappa shape index (κ3) is 2.82. The van der Waals surface area contributed by atoms with E-state index in [1.165, 1.54) is 13.5 Å². The highest BCUT2D eigenvalue weighted by atomic mass is 16.5. The molecule has 0 unspecified atom stereocenters. The number of nitrogen functional groups attached to an aromatic ring is 1. The fraction of sp³-hybridized carbons (Fsp3) is 0.500. The van der Waals surface area contributed by atoms with Crippen molar-refractivity contribution >= 4 is 11.7 Å². The van der Waals surface area contributed by atoms with Gasteiger partial charge in [0.1, 0.15) is 0 Å². The molecule has 2 rings (SSSR count). The minimum Gasteiger partial charge on any atom is -0.469 e. The van der Waals surface area contributed by atoms with Crippen LogP contribution >= 0.6 is 0 Å². The van der Waals surface area contributed by atoms with E-state index in [-0.39, 0.29) is 17.9 Å². The molecule has 0 aliphatic carbocycles. The van der Waals surface area contributed by atoms with Crippen LogP contribution in [0.2, 0.25) is 0 Å². The van der Waals surface area contributed by atoms with Crippen molar-refractivity contribution in [3.8, 4) is 0 Å². The van der Waals surface area contributed by atoms with Crippen LogP contribution in [0.25, 0.3) is 0 Å². The molecule has 1 heterocycles. The van der Waals surface area contributed by atoms with Crippen LogP contribution in [0.1, 0.15) is 30.7 Å². The lowest BCUT2D eigenvalue weighted by molar-refractivity contribution is -0.143. The van der Waals surface area contributed by atoms with E-state index in [1.54, 1.807) is 0 Å². The molecule has 18 heavy (non-hydrogen) atoms. The lowest BCUT2D eigenvalue weighted by atomic mass is 9.86. The zero-order valence-electron chi connectivity index (χ0n) is 10.7. The van der Waals surface area contributed by atoms with Gasteiger partial charge in [-0.3, -0.25) is 4.79 Å². The molecule has 2 atom stereocenters. The molecule has 1 aliphatic rings. The number of benzene rings is 1. The van der Waals surface area contributed by atoms with E-state index in [4.69, 9.17) is 10.5 Å². The summed E-state index contributed by atoms with van der Waals surface area (Å²) in [6, 6.07) is 7.65. The van der Waals surface area contributed by atoms with Gasteiger partial charge in [0.25, 0.3) is 0 Å². The molecule has 98 valence electrons. The highest BCUT2D eigenvalue weighted by molar-refractivity contribution is 5.79. The second-order valence-corrected chi connectivity index (χ2v) is 4.73. The average molecular weight is 248 g/mol. The van der Waals surface area contributed by atoms with Gasteiger partial charge in [-0.2, -0.15) is 0 Å². The van der Waals surface area contributed by atoms with Crippen molar-refractivity contribution in [2.75, 3.05) is 19.4 Å². The van der Waals surface area contributed by atoms with E-state index < -0.39 is 0 Å². The number of carbonyl (C=O) groups excluding carboxylic acids is 1. The summed E-state index contributed by atoms with van der Waals surface area (Å²) in [5.74, 6) is -0.459. The first-order chi connectivity index (χ1) is 8.72. The van der Waals surface area contributed by atoms with E-state index in [9.17, 15) is 4.79 Å². The van der Waals surface area contributed by atoms with E-state index in [2.05, 4.69) is 5.32 Å². The van der Waals surface area contributed by atoms with Gasteiger partial charge in [-0.05, 0) is 37.1 Å². The predicted molar refractivity (Wildman–Crippen MR) is 71.3 cm³/mol. The summed E-state index contributed by atoms with van der Waals surface area (Å²) in [5.41, 5.74) is 7.40. The van der Waals surface area contributed by atoms with Crippen molar-refractivity contribution in [2.24, 2.45) is 0 Å². The summed E-state index contributed by atoms with van der Waals surface area (Å²) in [6.07, 6.45) is 3.31. The Balaban J connectivity index is 2.26. The molecule has 0 aromatic heterocycles. The van der Waals surface area contributed by atoms with Crippen LogP contribution in [0, 0.1) is 0 Å². The predicted octanol–water partition coefficient (Wildman–Crippen LogP) is 1.67. The second-order valence-electron chi connectivity index (χ2n) is 4.73. The molecule has 4 heteroatoms. The molecule has 1 aromatic carbocycles. The Hall–Kier alpha value is -1.55. The first-order valence-corrected chi connectivity index (χ1v) is 6.39. The SMILES string of the molecule is COC(=O)[C@H](c1cccc(N)c1)[C@H]1CCCCN1. The van der Waals surface area contributed by atoms with E-state index in [0.717, 1.165) is 24.9 Å². The van der Waals surface area contributed by atoms with Crippen LogP contribution in [0.5, 0.6) is 0 Å². The van der Waals surface area contributed by atoms with Gasteiger partial charge in [0.15, 0.2) is 0 Å². The third-order valence-corrected chi connectivity index (χ3v) is 3.48. The summed E-state index contributed by atoms with van der Waals surface area (Å²) in [6.45, 7) is 0.959. The molecular formula is C14H20N2O2. The Morgan fingerprint density at radius 1 is 1.50 bits per heavy atom. The van der Waals surface area contributed by atoms with Crippen LogP contribution in [-0.4, -0.2) is 25.7 Å².